The van der Waals surface area contributed by atoms with E-state index in [1.54, 1.807) is 0 Å². The Labute approximate surface area is 115 Å². The van der Waals surface area contributed by atoms with Crippen molar-refractivity contribution in [2.45, 2.75) is 18.1 Å². The van der Waals surface area contributed by atoms with Crippen molar-refractivity contribution in [1.82, 2.24) is 15.5 Å². The number of likely N-dealkylation sites (tertiary alicyclic amines) is 1. The number of imide groups is 1. The van der Waals surface area contributed by atoms with Crippen LogP contribution in [0.1, 0.15) is 12.8 Å². The van der Waals surface area contributed by atoms with E-state index in [1.807, 2.05) is 0 Å². The number of nitrogens with one attached hydrogen (secondary N) is 2. The van der Waals surface area contributed by atoms with Crippen LogP contribution in [0.2, 0.25) is 0 Å². The molecule has 0 aromatic carbocycles. The second-order valence-electron chi connectivity index (χ2n) is 3.98. The average molecular weight is 287 g/mol. The van der Waals surface area contributed by atoms with Gasteiger partial charge in [0.1, 0.15) is 0 Å². The summed E-state index contributed by atoms with van der Waals surface area (Å²) >= 11 is 1.15. The van der Waals surface area contributed by atoms with E-state index in [9.17, 15) is 19.2 Å². The fourth-order valence-corrected chi connectivity index (χ4v) is 2.63. The minimum Gasteiger partial charge on any atom is -0.359 e. The lowest BCUT2D eigenvalue weighted by atomic mass is 10.3. The van der Waals surface area contributed by atoms with E-state index in [2.05, 4.69) is 10.6 Å². The highest BCUT2D eigenvalue weighted by atomic mass is 32.2. The summed E-state index contributed by atoms with van der Waals surface area (Å²) in [4.78, 5) is 46.9. The van der Waals surface area contributed by atoms with E-state index in [0.717, 1.165) is 16.7 Å². The molecule has 8 heteroatoms. The normalized spacial score (nSPS) is 18.6. The Balaban J connectivity index is 2.48. The van der Waals surface area contributed by atoms with Gasteiger partial charge in [-0.15, -0.1) is 11.8 Å². The molecule has 0 spiro atoms. The molecule has 4 amide bonds. The molecular formula is C11H17N3O4S. The van der Waals surface area contributed by atoms with E-state index >= 15 is 0 Å². The summed E-state index contributed by atoms with van der Waals surface area (Å²) in [6, 6.07) is 0. The van der Waals surface area contributed by atoms with Crippen LogP contribution in [0, 0.1) is 0 Å². The zero-order chi connectivity index (χ0) is 14.4. The summed E-state index contributed by atoms with van der Waals surface area (Å²) in [6.45, 7) is 0.0916. The molecule has 0 bridgehead atoms. The number of rotatable bonds is 6. The van der Waals surface area contributed by atoms with Crippen molar-refractivity contribution in [3.05, 3.63) is 0 Å². The third-order valence-electron chi connectivity index (χ3n) is 2.74. The van der Waals surface area contributed by atoms with Gasteiger partial charge in [-0.3, -0.25) is 24.1 Å². The lowest BCUT2D eigenvalue weighted by Gasteiger charge is -2.14. The Hall–Kier alpha value is -1.57. The Morgan fingerprint density at radius 1 is 1.26 bits per heavy atom. The molecule has 1 unspecified atom stereocenters. The largest absolute Gasteiger partial charge is 0.359 e. The summed E-state index contributed by atoms with van der Waals surface area (Å²) in [5.41, 5.74) is 0. The van der Waals surface area contributed by atoms with Gasteiger partial charge in [0.15, 0.2) is 0 Å². The van der Waals surface area contributed by atoms with Crippen LogP contribution in [0.25, 0.3) is 0 Å². The average Bonchev–Trinajstić information content (AvgIpc) is 2.68. The second-order valence-corrected chi connectivity index (χ2v) is 5.17. The lowest BCUT2D eigenvalue weighted by Crippen LogP contribution is -2.35. The van der Waals surface area contributed by atoms with Crippen LogP contribution in [-0.2, 0) is 19.2 Å². The molecule has 1 fully saturated rings. The molecule has 1 rings (SSSR count). The first-order valence-corrected chi connectivity index (χ1v) is 6.91. The SMILES string of the molecule is CNC(=O)CCN1C(=O)CC(SCC(=O)NC)C1=O. The minimum atomic E-state index is -0.519. The second kappa shape index (κ2) is 7.13. The maximum Gasteiger partial charge on any atom is 0.242 e. The van der Waals surface area contributed by atoms with Crippen molar-refractivity contribution in [1.29, 1.82) is 0 Å². The highest BCUT2D eigenvalue weighted by molar-refractivity contribution is 8.01. The van der Waals surface area contributed by atoms with Gasteiger partial charge in [-0.1, -0.05) is 0 Å². The van der Waals surface area contributed by atoms with Gasteiger partial charge in [0.2, 0.25) is 23.6 Å². The number of carbonyl (C=O) groups is 4. The van der Waals surface area contributed by atoms with Gasteiger partial charge in [0.05, 0.1) is 11.0 Å². The van der Waals surface area contributed by atoms with Gasteiger partial charge in [-0.25, -0.2) is 0 Å². The van der Waals surface area contributed by atoms with Gasteiger partial charge in [-0.2, -0.15) is 0 Å². The number of thioether (sulfide) groups is 1. The molecule has 1 heterocycles. The number of amides is 4. The van der Waals surface area contributed by atoms with E-state index in [4.69, 9.17) is 0 Å². The Bertz CT molecular complexity index is 399. The van der Waals surface area contributed by atoms with Crippen molar-refractivity contribution in [2.75, 3.05) is 26.4 Å². The van der Waals surface area contributed by atoms with Crippen molar-refractivity contribution < 1.29 is 19.2 Å². The number of hydrogen-bond donors (Lipinski definition) is 2. The first kappa shape index (κ1) is 15.5. The van der Waals surface area contributed by atoms with E-state index in [1.165, 1.54) is 14.1 Å². The van der Waals surface area contributed by atoms with Crippen LogP contribution in [0.15, 0.2) is 0 Å². The first-order valence-electron chi connectivity index (χ1n) is 5.86. The molecule has 106 valence electrons. The van der Waals surface area contributed by atoms with Crippen LogP contribution in [0.4, 0.5) is 0 Å². The molecule has 1 atom stereocenters. The monoisotopic (exact) mass is 287 g/mol. The van der Waals surface area contributed by atoms with Crippen molar-refractivity contribution >= 4 is 35.4 Å². The first-order chi connectivity index (χ1) is 8.99. The summed E-state index contributed by atoms with van der Waals surface area (Å²) in [5.74, 6) is -0.869. The van der Waals surface area contributed by atoms with Gasteiger partial charge in [0.25, 0.3) is 0 Å². The standard InChI is InChI=1S/C11H17N3O4S/c1-12-8(15)3-4-14-10(17)5-7(11(14)18)19-6-9(16)13-2/h7H,3-6H2,1-2H3,(H,12,15)(H,13,16). The van der Waals surface area contributed by atoms with Crippen LogP contribution < -0.4 is 10.6 Å². The maximum absolute atomic E-state index is 11.9. The predicted octanol–water partition coefficient (Wildman–Crippen LogP) is -1.27. The molecule has 0 aromatic rings. The van der Waals surface area contributed by atoms with Crippen molar-refractivity contribution in [2.24, 2.45) is 0 Å². The van der Waals surface area contributed by atoms with Crippen LogP contribution in [0.5, 0.6) is 0 Å². The highest BCUT2D eigenvalue weighted by Gasteiger charge is 2.38. The number of hydrogen-bond acceptors (Lipinski definition) is 5. The molecular weight excluding hydrogens is 270 g/mol. The molecule has 1 saturated heterocycles. The topological polar surface area (TPSA) is 95.6 Å². The molecule has 19 heavy (non-hydrogen) atoms. The minimum absolute atomic E-state index is 0.0915. The fourth-order valence-electron chi connectivity index (χ4n) is 1.60. The highest BCUT2D eigenvalue weighted by Crippen LogP contribution is 2.25. The van der Waals surface area contributed by atoms with Crippen LogP contribution in [0.3, 0.4) is 0 Å². The summed E-state index contributed by atoms with van der Waals surface area (Å²) in [5, 5.41) is 4.36. The third kappa shape index (κ3) is 4.23. The molecule has 0 aliphatic carbocycles. The Kier molecular flexibility index (Phi) is 5.81. The summed E-state index contributed by atoms with van der Waals surface area (Å²) in [7, 11) is 3.01. The molecule has 0 radical (unpaired) electrons. The zero-order valence-corrected chi connectivity index (χ0v) is 11.7. The molecule has 7 nitrogen and oxygen atoms in total. The molecule has 0 aromatic heterocycles. The third-order valence-corrected chi connectivity index (χ3v) is 3.94. The van der Waals surface area contributed by atoms with E-state index < -0.39 is 5.25 Å². The predicted molar refractivity (Wildman–Crippen MR) is 70.3 cm³/mol. The summed E-state index contributed by atoms with van der Waals surface area (Å²) in [6.07, 6.45) is 0.190. The Morgan fingerprint density at radius 3 is 2.47 bits per heavy atom. The molecule has 2 N–H and O–H groups in total. The van der Waals surface area contributed by atoms with Gasteiger partial charge in [0, 0.05) is 33.5 Å². The van der Waals surface area contributed by atoms with Crippen molar-refractivity contribution in [3.63, 3.8) is 0 Å². The van der Waals surface area contributed by atoms with Crippen molar-refractivity contribution in [3.8, 4) is 0 Å². The smallest absolute Gasteiger partial charge is 0.242 e. The fraction of sp³-hybridized carbons (Fsp3) is 0.636. The van der Waals surface area contributed by atoms with E-state index in [0.29, 0.717) is 0 Å². The lowest BCUT2D eigenvalue weighted by molar-refractivity contribution is -0.138. The molecule has 0 saturated carbocycles. The number of nitrogens with zero attached hydrogens (tertiary/aromatic N) is 1. The van der Waals surface area contributed by atoms with Crippen LogP contribution in [-0.4, -0.2) is 60.2 Å². The number of carbonyl (C=O) groups excluding carboxylic acids is 4. The molecule has 1 aliphatic rings. The summed E-state index contributed by atoms with van der Waals surface area (Å²) < 4.78 is 0. The van der Waals surface area contributed by atoms with Gasteiger partial charge in [-0.05, 0) is 0 Å². The zero-order valence-electron chi connectivity index (χ0n) is 10.9. The molecule has 1 aliphatic heterocycles. The Morgan fingerprint density at radius 2 is 1.89 bits per heavy atom. The van der Waals surface area contributed by atoms with Crippen LogP contribution >= 0.6 is 11.8 Å². The quantitative estimate of drug-likeness (QED) is 0.594. The maximum atomic E-state index is 11.9. The van der Waals surface area contributed by atoms with Gasteiger partial charge >= 0.3 is 0 Å². The van der Waals surface area contributed by atoms with E-state index in [-0.39, 0.29) is 48.8 Å². The van der Waals surface area contributed by atoms with Gasteiger partial charge < -0.3 is 10.6 Å².